The third-order valence-corrected chi connectivity index (χ3v) is 2.87. The van der Waals surface area contributed by atoms with Gasteiger partial charge in [-0.05, 0) is 18.9 Å². The lowest BCUT2D eigenvalue weighted by molar-refractivity contribution is -0.120. The highest BCUT2D eigenvalue weighted by atomic mass is 16.5. The van der Waals surface area contributed by atoms with Crippen molar-refractivity contribution in [1.29, 1.82) is 0 Å². The van der Waals surface area contributed by atoms with E-state index < -0.39 is 0 Å². The summed E-state index contributed by atoms with van der Waals surface area (Å²) in [7, 11) is 0. The van der Waals surface area contributed by atoms with Crippen LogP contribution >= 0.6 is 0 Å². The molecule has 0 atom stereocenters. The maximum Gasteiger partial charge on any atom is 0.234 e. The van der Waals surface area contributed by atoms with Gasteiger partial charge in [-0.25, -0.2) is 0 Å². The van der Waals surface area contributed by atoms with E-state index in [0.717, 1.165) is 24.2 Å². The summed E-state index contributed by atoms with van der Waals surface area (Å²) in [6.45, 7) is 5.07. The summed E-state index contributed by atoms with van der Waals surface area (Å²) >= 11 is 0. The lowest BCUT2D eigenvalue weighted by Gasteiger charge is -2.11. The van der Waals surface area contributed by atoms with Crippen LogP contribution in [0.2, 0.25) is 0 Å². The third-order valence-electron chi connectivity index (χ3n) is 2.87. The van der Waals surface area contributed by atoms with Crippen LogP contribution in [-0.2, 0) is 11.3 Å². The Kier molecular flexibility index (Phi) is 4.98. The molecular formula is C15H20N2O2. The number of ether oxygens (including phenoxy) is 1. The molecule has 0 radical (unpaired) electrons. The minimum atomic E-state index is 0.0620. The molecule has 0 spiro atoms. The molecule has 2 N–H and O–H groups in total. The number of rotatable bonds is 8. The van der Waals surface area contributed by atoms with Crippen molar-refractivity contribution >= 4 is 5.91 Å². The molecule has 0 unspecified atom stereocenters. The summed E-state index contributed by atoms with van der Waals surface area (Å²) in [6, 6.07) is 8.22. The molecule has 19 heavy (non-hydrogen) atoms. The van der Waals surface area contributed by atoms with Gasteiger partial charge >= 0.3 is 0 Å². The van der Waals surface area contributed by atoms with Gasteiger partial charge < -0.3 is 15.4 Å². The molecule has 1 aliphatic carbocycles. The SMILES string of the molecule is C=CCOc1ccccc1CNCC(=O)NC1CC1. The number of hydrogen-bond donors (Lipinski definition) is 2. The van der Waals surface area contributed by atoms with Gasteiger partial charge in [-0.1, -0.05) is 30.9 Å². The zero-order valence-electron chi connectivity index (χ0n) is 11.0. The molecule has 1 aromatic carbocycles. The van der Waals surface area contributed by atoms with E-state index in [1.165, 1.54) is 0 Å². The first-order chi connectivity index (χ1) is 9.29. The van der Waals surface area contributed by atoms with E-state index in [4.69, 9.17) is 4.74 Å². The minimum absolute atomic E-state index is 0.0620. The summed E-state index contributed by atoms with van der Waals surface area (Å²) in [6.07, 6.45) is 3.95. The number of para-hydroxylation sites is 1. The molecule has 0 aliphatic heterocycles. The van der Waals surface area contributed by atoms with E-state index in [-0.39, 0.29) is 5.91 Å². The first kappa shape index (κ1) is 13.6. The number of carbonyl (C=O) groups excluding carboxylic acids is 1. The van der Waals surface area contributed by atoms with Crippen molar-refractivity contribution in [2.75, 3.05) is 13.2 Å². The van der Waals surface area contributed by atoms with Crippen LogP contribution in [0.3, 0.4) is 0 Å². The molecular weight excluding hydrogens is 240 g/mol. The Morgan fingerprint density at radius 1 is 1.42 bits per heavy atom. The van der Waals surface area contributed by atoms with Crippen molar-refractivity contribution in [2.24, 2.45) is 0 Å². The van der Waals surface area contributed by atoms with Gasteiger partial charge in [0.05, 0.1) is 6.54 Å². The Hall–Kier alpha value is -1.81. The van der Waals surface area contributed by atoms with Crippen LogP contribution in [0.15, 0.2) is 36.9 Å². The van der Waals surface area contributed by atoms with Crippen LogP contribution in [0.4, 0.5) is 0 Å². The van der Waals surface area contributed by atoms with E-state index in [2.05, 4.69) is 17.2 Å². The summed E-state index contributed by atoms with van der Waals surface area (Å²) < 4.78 is 5.56. The lowest BCUT2D eigenvalue weighted by atomic mass is 10.2. The van der Waals surface area contributed by atoms with Crippen molar-refractivity contribution < 1.29 is 9.53 Å². The summed E-state index contributed by atoms with van der Waals surface area (Å²) in [4.78, 5) is 11.5. The fourth-order valence-electron chi connectivity index (χ4n) is 1.76. The van der Waals surface area contributed by atoms with Gasteiger partial charge in [-0.3, -0.25) is 4.79 Å². The van der Waals surface area contributed by atoms with Gasteiger partial charge in [-0.2, -0.15) is 0 Å². The second kappa shape index (κ2) is 6.95. The van der Waals surface area contributed by atoms with Crippen LogP contribution < -0.4 is 15.4 Å². The highest BCUT2D eigenvalue weighted by molar-refractivity contribution is 5.78. The number of carbonyl (C=O) groups is 1. The molecule has 0 saturated heterocycles. The summed E-state index contributed by atoms with van der Waals surface area (Å²) in [5, 5.41) is 6.08. The van der Waals surface area contributed by atoms with Crippen LogP contribution in [0, 0.1) is 0 Å². The maximum absolute atomic E-state index is 11.5. The molecule has 1 aromatic rings. The smallest absolute Gasteiger partial charge is 0.234 e. The zero-order valence-corrected chi connectivity index (χ0v) is 11.0. The second-order valence-corrected chi connectivity index (χ2v) is 4.65. The fourth-order valence-corrected chi connectivity index (χ4v) is 1.76. The van der Waals surface area contributed by atoms with E-state index in [9.17, 15) is 4.79 Å². The van der Waals surface area contributed by atoms with Crippen molar-refractivity contribution in [3.63, 3.8) is 0 Å². The Bertz CT molecular complexity index is 442. The fraction of sp³-hybridized carbons (Fsp3) is 0.400. The van der Waals surface area contributed by atoms with Crippen LogP contribution in [-0.4, -0.2) is 25.1 Å². The number of nitrogens with one attached hydrogen (secondary N) is 2. The topological polar surface area (TPSA) is 50.4 Å². The maximum atomic E-state index is 11.5. The van der Waals surface area contributed by atoms with Crippen molar-refractivity contribution in [3.05, 3.63) is 42.5 Å². The van der Waals surface area contributed by atoms with E-state index >= 15 is 0 Å². The standard InChI is InChI=1S/C15H20N2O2/c1-2-9-19-14-6-4-3-5-12(14)10-16-11-15(18)17-13-7-8-13/h2-6,13,16H,1,7-11H2,(H,17,18). The Morgan fingerprint density at radius 2 is 2.21 bits per heavy atom. The van der Waals surface area contributed by atoms with E-state index in [1.807, 2.05) is 24.3 Å². The van der Waals surface area contributed by atoms with Crippen molar-refractivity contribution in [1.82, 2.24) is 10.6 Å². The van der Waals surface area contributed by atoms with Gasteiger partial charge in [0.15, 0.2) is 0 Å². The zero-order chi connectivity index (χ0) is 13.5. The van der Waals surface area contributed by atoms with Gasteiger partial charge in [0, 0.05) is 18.2 Å². The van der Waals surface area contributed by atoms with Crippen molar-refractivity contribution in [2.45, 2.75) is 25.4 Å². The summed E-state index contributed by atoms with van der Waals surface area (Å²) in [5.74, 6) is 0.893. The molecule has 1 aliphatic rings. The highest BCUT2D eigenvalue weighted by Gasteiger charge is 2.22. The predicted octanol–water partition coefficient (Wildman–Crippen LogP) is 1.62. The molecule has 1 saturated carbocycles. The van der Waals surface area contributed by atoms with Gasteiger partial charge in [0.2, 0.25) is 5.91 Å². The molecule has 0 bridgehead atoms. The van der Waals surface area contributed by atoms with E-state index in [1.54, 1.807) is 6.08 Å². The first-order valence-electron chi connectivity index (χ1n) is 6.61. The predicted molar refractivity (Wildman–Crippen MR) is 75.0 cm³/mol. The second-order valence-electron chi connectivity index (χ2n) is 4.65. The lowest BCUT2D eigenvalue weighted by Crippen LogP contribution is -2.34. The number of benzene rings is 1. The van der Waals surface area contributed by atoms with Crippen LogP contribution in [0.5, 0.6) is 5.75 Å². The molecule has 2 rings (SSSR count). The third kappa shape index (κ3) is 4.75. The number of hydrogen-bond acceptors (Lipinski definition) is 3. The number of amides is 1. The van der Waals surface area contributed by atoms with Gasteiger partial charge in [0.25, 0.3) is 0 Å². The Morgan fingerprint density at radius 3 is 2.95 bits per heavy atom. The quantitative estimate of drug-likeness (QED) is 0.698. The normalized spacial score (nSPS) is 13.9. The molecule has 0 aromatic heterocycles. The Labute approximate surface area is 113 Å². The van der Waals surface area contributed by atoms with Crippen LogP contribution in [0.25, 0.3) is 0 Å². The van der Waals surface area contributed by atoms with Gasteiger partial charge in [0.1, 0.15) is 12.4 Å². The largest absolute Gasteiger partial charge is 0.489 e. The average Bonchev–Trinajstić information content (AvgIpc) is 3.21. The molecule has 1 amide bonds. The van der Waals surface area contributed by atoms with Crippen molar-refractivity contribution in [3.8, 4) is 5.75 Å². The summed E-state index contributed by atoms with van der Waals surface area (Å²) in [5.41, 5.74) is 1.04. The van der Waals surface area contributed by atoms with E-state index in [0.29, 0.717) is 25.7 Å². The minimum Gasteiger partial charge on any atom is -0.489 e. The van der Waals surface area contributed by atoms with Gasteiger partial charge in [-0.15, -0.1) is 0 Å². The highest BCUT2D eigenvalue weighted by Crippen LogP contribution is 2.18. The van der Waals surface area contributed by atoms with Crippen LogP contribution in [0.1, 0.15) is 18.4 Å². The first-order valence-corrected chi connectivity index (χ1v) is 6.61. The molecule has 1 fully saturated rings. The average molecular weight is 260 g/mol. The molecule has 4 heteroatoms. The molecule has 4 nitrogen and oxygen atoms in total. The molecule has 0 heterocycles. The molecule has 102 valence electrons. The Balaban J connectivity index is 1.77. The monoisotopic (exact) mass is 260 g/mol.